The van der Waals surface area contributed by atoms with Gasteiger partial charge in [-0.3, -0.25) is 4.90 Å². The molecule has 118 valence electrons. The molecule has 0 bridgehead atoms. The second-order valence-corrected chi connectivity index (χ2v) is 5.50. The molecule has 3 nitrogen and oxygen atoms in total. The van der Waals surface area contributed by atoms with E-state index in [9.17, 15) is 5.11 Å². The van der Waals surface area contributed by atoms with Crippen LogP contribution in [0.5, 0.6) is 0 Å². The van der Waals surface area contributed by atoms with Crippen molar-refractivity contribution in [3.63, 3.8) is 0 Å². The molecule has 0 radical (unpaired) electrons. The number of piperazine rings is 1. The number of aliphatic hydroxyl groups is 1. The number of halogens is 1. The molecule has 1 atom stereocenters. The minimum atomic E-state index is 0. The molecule has 0 spiro atoms. The molecule has 4 heteroatoms. The summed E-state index contributed by atoms with van der Waals surface area (Å²) in [5, 5.41) is 13.1. The third kappa shape index (κ3) is 3.68. The predicted octanol–water partition coefficient (Wildman–Crippen LogP) is 2.46. The molecule has 2 aromatic rings. The molecule has 0 saturated carbocycles. The van der Waals surface area contributed by atoms with E-state index in [1.807, 2.05) is 12.1 Å². The van der Waals surface area contributed by atoms with Crippen molar-refractivity contribution in [3.05, 3.63) is 71.8 Å². The highest BCUT2D eigenvalue weighted by molar-refractivity contribution is 5.85. The Labute approximate surface area is 138 Å². The van der Waals surface area contributed by atoms with Crippen molar-refractivity contribution >= 4 is 12.4 Å². The van der Waals surface area contributed by atoms with Crippen LogP contribution >= 0.6 is 12.4 Å². The number of benzene rings is 2. The van der Waals surface area contributed by atoms with Crippen molar-refractivity contribution in [2.45, 2.75) is 12.1 Å². The quantitative estimate of drug-likeness (QED) is 0.909. The van der Waals surface area contributed by atoms with Gasteiger partial charge in [0.1, 0.15) is 0 Å². The molecule has 1 unspecified atom stereocenters. The summed E-state index contributed by atoms with van der Waals surface area (Å²) in [5.41, 5.74) is 2.56. The van der Waals surface area contributed by atoms with Crippen molar-refractivity contribution in [1.82, 2.24) is 10.2 Å². The van der Waals surface area contributed by atoms with Gasteiger partial charge in [-0.15, -0.1) is 12.4 Å². The first-order valence-corrected chi connectivity index (χ1v) is 7.57. The van der Waals surface area contributed by atoms with Gasteiger partial charge in [-0.1, -0.05) is 60.7 Å². The van der Waals surface area contributed by atoms with Crippen molar-refractivity contribution in [1.29, 1.82) is 0 Å². The summed E-state index contributed by atoms with van der Waals surface area (Å²) in [5.74, 6) is 0. The Morgan fingerprint density at radius 3 is 2.05 bits per heavy atom. The van der Waals surface area contributed by atoms with Crippen LogP contribution in [0.2, 0.25) is 0 Å². The fourth-order valence-corrected chi connectivity index (χ4v) is 3.13. The Bertz CT molecular complexity index is 510. The number of aliphatic hydroxyl groups excluding tert-OH is 1. The SMILES string of the molecule is Cl.OCC1CNCCN1C(c1ccccc1)c1ccccc1. The second kappa shape index (κ2) is 8.30. The van der Waals surface area contributed by atoms with E-state index >= 15 is 0 Å². The molecule has 1 aliphatic heterocycles. The number of hydrogen-bond acceptors (Lipinski definition) is 3. The molecule has 1 aliphatic rings. The van der Waals surface area contributed by atoms with E-state index in [0.717, 1.165) is 19.6 Å². The summed E-state index contributed by atoms with van der Waals surface area (Å²) in [4.78, 5) is 2.42. The van der Waals surface area contributed by atoms with Crippen molar-refractivity contribution in [3.8, 4) is 0 Å². The molecule has 2 N–H and O–H groups in total. The van der Waals surface area contributed by atoms with Crippen LogP contribution in [0.15, 0.2) is 60.7 Å². The largest absolute Gasteiger partial charge is 0.395 e. The molecular formula is C18H23ClN2O. The first-order chi connectivity index (χ1) is 10.4. The monoisotopic (exact) mass is 318 g/mol. The zero-order chi connectivity index (χ0) is 14.5. The van der Waals surface area contributed by atoms with E-state index in [1.54, 1.807) is 0 Å². The van der Waals surface area contributed by atoms with Gasteiger partial charge in [-0.25, -0.2) is 0 Å². The maximum absolute atomic E-state index is 9.72. The summed E-state index contributed by atoms with van der Waals surface area (Å²) in [6, 6.07) is 21.5. The van der Waals surface area contributed by atoms with Gasteiger partial charge in [0.05, 0.1) is 12.6 Å². The Morgan fingerprint density at radius 1 is 1.00 bits per heavy atom. The lowest BCUT2D eigenvalue weighted by Gasteiger charge is -2.41. The summed E-state index contributed by atoms with van der Waals surface area (Å²) in [6.07, 6.45) is 0. The Hall–Kier alpha value is -1.39. The molecule has 0 aliphatic carbocycles. The number of rotatable bonds is 4. The maximum Gasteiger partial charge on any atom is 0.0606 e. The molecule has 1 saturated heterocycles. The van der Waals surface area contributed by atoms with Crippen LogP contribution in [-0.2, 0) is 0 Å². The summed E-state index contributed by atoms with van der Waals surface area (Å²) in [7, 11) is 0. The number of hydrogen-bond donors (Lipinski definition) is 2. The Kier molecular flexibility index (Phi) is 6.40. The van der Waals surface area contributed by atoms with Crippen LogP contribution in [0.25, 0.3) is 0 Å². The molecule has 1 heterocycles. The lowest BCUT2D eigenvalue weighted by molar-refractivity contribution is 0.0760. The van der Waals surface area contributed by atoms with E-state index < -0.39 is 0 Å². The minimum Gasteiger partial charge on any atom is -0.395 e. The number of nitrogens with one attached hydrogen (secondary N) is 1. The normalized spacial score (nSPS) is 18.9. The predicted molar refractivity (Wildman–Crippen MR) is 92.4 cm³/mol. The van der Waals surface area contributed by atoms with Crippen molar-refractivity contribution < 1.29 is 5.11 Å². The summed E-state index contributed by atoms with van der Waals surface area (Å²) >= 11 is 0. The fourth-order valence-electron chi connectivity index (χ4n) is 3.13. The van der Waals surface area contributed by atoms with E-state index in [1.165, 1.54) is 11.1 Å². The van der Waals surface area contributed by atoms with E-state index in [0.29, 0.717) is 0 Å². The average molecular weight is 319 g/mol. The zero-order valence-electron chi connectivity index (χ0n) is 12.6. The average Bonchev–Trinajstić information content (AvgIpc) is 2.58. The zero-order valence-corrected chi connectivity index (χ0v) is 13.4. The Balaban J connectivity index is 0.00000176. The number of nitrogens with zero attached hydrogens (tertiary/aromatic N) is 1. The van der Waals surface area contributed by atoms with E-state index in [2.05, 4.69) is 58.7 Å². The van der Waals surface area contributed by atoms with Gasteiger partial charge in [0.25, 0.3) is 0 Å². The van der Waals surface area contributed by atoms with E-state index in [-0.39, 0.29) is 31.1 Å². The minimum absolute atomic E-state index is 0. The molecule has 0 amide bonds. The highest BCUT2D eigenvalue weighted by Crippen LogP contribution is 2.30. The third-order valence-electron chi connectivity index (χ3n) is 4.17. The van der Waals surface area contributed by atoms with Gasteiger partial charge >= 0.3 is 0 Å². The standard InChI is InChI=1S/C18H22N2O.ClH/c21-14-17-13-19-11-12-20(17)18(15-7-3-1-4-8-15)16-9-5-2-6-10-16;/h1-10,17-19,21H,11-14H2;1H. The van der Waals surface area contributed by atoms with Gasteiger partial charge in [-0.2, -0.15) is 0 Å². The lowest BCUT2D eigenvalue weighted by atomic mass is 9.95. The first-order valence-electron chi connectivity index (χ1n) is 7.57. The molecular weight excluding hydrogens is 296 g/mol. The van der Waals surface area contributed by atoms with Crippen molar-refractivity contribution in [2.75, 3.05) is 26.2 Å². The van der Waals surface area contributed by atoms with Crippen LogP contribution in [0.1, 0.15) is 17.2 Å². The van der Waals surface area contributed by atoms with Gasteiger partial charge in [0.2, 0.25) is 0 Å². The van der Waals surface area contributed by atoms with Crippen LogP contribution < -0.4 is 5.32 Å². The fraction of sp³-hybridized carbons (Fsp3) is 0.333. The highest BCUT2D eigenvalue weighted by atomic mass is 35.5. The third-order valence-corrected chi connectivity index (χ3v) is 4.17. The smallest absolute Gasteiger partial charge is 0.0606 e. The molecule has 0 aromatic heterocycles. The van der Waals surface area contributed by atoms with E-state index in [4.69, 9.17) is 0 Å². The molecule has 22 heavy (non-hydrogen) atoms. The van der Waals surface area contributed by atoms with Crippen LogP contribution in [0.4, 0.5) is 0 Å². The second-order valence-electron chi connectivity index (χ2n) is 5.50. The molecule has 1 fully saturated rings. The Morgan fingerprint density at radius 2 is 1.55 bits per heavy atom. The first kappa shape index (κ1) is 17.0. The highest BCUT2D eigenvalue weighted by Gasteiger charge is 2.30. The van der Waals surface area contributed by atoms with Gasteiger partial charge < -0.3 is 10.4 Å². The summed E-state index contributed by atoms with van der Waals surface area (Å²) < 4.78 is 0. The van der Waals surface area contributed by atoms with Gasteiger partial charge in [0.15, 0.2) is 0 Å². The molecule has 3 rings (SSSR count). The van der Waals surface area contributed by atoms with Crippen LogP contribution in [0.3, 0.4) is 0 Å². The topological polar surface area (TPSA) is 35.5 Å². The van der Waals surface area contributed by atoms with Crippen LogP contribution in [0, 0.1) is 0 Å². The molecule has 2 aromatic carbocycles. The lowest BCUT2D eigenvalue weighted by Crippen LogP contribution is -2.54. The van der Waals surface area contributed by atoms with Gasteiger partial charge in [-0.05, 0) is 11.1 Å². The van der Waals surface area contributed by atoms with Crippen molar-refractivity contribution in [2.24, 2.45) is 0 Å². The van der Waals surface area contributed by atoms with Gasteiger partial charge in [0, 0.05) is 25.7 Å². The maximum atomic E-state index is 9.72. The summed E-state index contributed by atoms with van der Waals surface area (Å²) in [6.45, 7) is 2.93. The van der Waals surface area contributed by atoms with Crippen LogP contribution in [-0.4, -0.2) is 42.3 Å².